The molecule has 0 amide bonds. The lowest BCUT2D eigenvalue weighted by molar-refractivity contribution is 0.720. The lowest BCUT2D eigenvalue weighted by atomic mass is 10.2. The molecule has 1 heteroatoms. The average molecular weight is 112 g/mol. The summed E-state index contributed by atoms with van der Waals surface area (Å²) in [6.07, 6.45) is 4.14. The highest BCUT2D eigenvalue weighted by Gasteiger charge is 1.79. The average Bonchev–Trinajstić information content (AvgIpc) is 1.68. The van der Waals surface area contributed by atoms with Crippen molar-refractivity contribution in [3.8, 4) is 0 Å². The summed E-state index contributed by atoms with van der Waals surface area (Å²) in [5.41, 5.74) is 0.738. The summed E-state index contributed by atoms with van der Waals surface area (Å²) in [5, 5.41) is 0. The van der Waals surface area contributed by atoms with Gasteiger partial charge in [0.25, 0.3) is 0 Å². The summed E-state index contributed by atoms with van der Waals surface area (Å²) >= 11 is 0. The molecule has 0 saturated heterocycles. The number of rotatable bonds is 3. The van der Waals surface area contributed by atoms with Gasteiger partial charge in [0, 0.05) is 0 Å². The van der Waals surface area contributed by atoms with Gasteiger partial charge in [0.2, 0.25) is 0 Å². The van der Waals surface area contributed by atoms with Crippen LogP contribution >= 0.6 is 0 Å². The summed E-state index contributed by atoms with van der Waals surface area (Å²) in [6, 6.07) is 0. The zero-order valence-corrected chi connectivity index (χ0v) is 4.73. The number of halogens is 1. The molecule has 0 bridgehead atoms. The molecule has 0 heterocycles. The van der Waals surface area contributed by atoms with Crippen molar-refractivity contribution in [3.05, 3.63) is 37.2 Å². The fourth-order valence-corrected chi connectivity index (χ4v) is 0.343. The Morgan fingerprint density at radius 3 is 2.62 bits per heavy atom. The van der Waals surface area contributed by atoms with Crippen LogP contribution in [0.3, 0.4) is 0 Å². The molecule has 0 nitrogen and oxygen atoms in total. The first-order valence-electron chi connectivity index (χ1n) is 2.36. The van der Waals surface area contributed by atoms with Gasteiger partial charge in [-0.15, -0.1) is 6.58 Å². The molecule has 0 spiro atoms. The zero-order chi connectivity index (χ0) is 6.41. The normalized spacial score (nSPS) is 9.62. The second kappa shape index (κ2) is 4.31. The zero-order valence-electron chi connectivity index (χ0n) is 4.73. The van der Waals surface area contributed by atoms with Crippen molar-refractivity contribution in [2.75, 3.05) is 0 Å². The smallest absolute Gasteiger partial charge is 0.0869 e. The van der Waals surface area contributed by atoms with Crippen molar-refractivity contribution < 1.29 is 4.39 Å². The Kier molecular flexibility index (Phi) is 3.85. The number of hydrogen-bond donors (Lipinski definition) is 0. The third kappa shape index (κ3) is 3.34. The van der Waals surface area contributed by atoms with E-state index in [-0.39, 0.29) is 0 Å². The molecule has 0 aliphatic rings. The standard InChI is InChI=1S/C7H9F/c1-3-4-7(2)5-6-8/h3,5-6H,1-2,4H2/b6-5+. The first kappa shape index (κ1) is 7.15. The maximum absolute atomic E-state index is 11.3. The Hall–Kier alpha value is -0.850. The van der Waals surface area contributed by atoms with Crippen LogP contribution in [0.1, 0.15) is 6.42 Å². The van der Waals surface area contributed by atoms with Crippen molar-refractivity contribution >= 4 is 0 Å². The van der Waals surface area contributed by atoms with Crippen LogP contribution in [0.4, 0.5) is 4.39 Å². The maximum Gasteiger partial charge on any atom is 0.0869 e. The Labute approximate surface area is 49.0 Å². The van der Waals surface area contributed by atoms with Crippen LogP contribution in [0, 0.1) is 0 Å². The summed E-state index contributed by atoms with van der Waals surface area (Å²) in [7, 11) is 0. The van der Waals surface area contributed by atoms with Gasteiger partial charge in [-0.25, -0.2) is 4.39 Å². The quantitative estimate of drug-likeness (QED) is 0.389. The van der Waals surface area contributed by atoms with E-state index in [4.69, 9.17) is 0 Å². The molecule has 8 heavy (non-hydrogen) atoms. The Balaban J connectivity index is 3.48. The van der Waals surface area contributed by atoms with E-state index in [1.165, 1.54) is 6.08 Å². The molecule has 0 aromatic rings. The second-order valence-corrected chi connectivity index (χ2v) is 1.44. The van der Waals surface area contributed by atoms with E-state index in [1.54, 1.807) is 6.08 Å². The SMILES string of the molecule is C=CCC(=C)/C=C/F. The minimum atomic E-state index is 0.478. The van der Waals surface area contributed by atoms with Gasteiger partial charge in [-0.1, -0.05) is 12.7 Å². The Morgan fingerprint density at radius 2 is 2.25 bits per heavy atom. The lowest BCUT2D eigenvalue weighted by Gasteiger charge is -1.86. The van der Waals surface area contributed by atoms with Crippen LogP contribution in [0.25, 0.3) is 0 Å². The van der Waals surface area contributed by atoms with Crippen LogP contribution in [0.15, 0.2) is 37.2 Å². The van der Waals surface area contributed by atoms with Crippen LogP contribution in [0.5, 0.6) is 0 Å². The summed E-state index contributed by atoms with van der Waals surface area (Å²) in [6.45, 7) is 7.00. The van der Waals surface area contributed by atoms with Gasteiger partial charge in [0.15, 0.2) is 0 Å². The Morgan fingerprint density at radius 1 is 1.62 bits per heavy atom. The molecule has 0 aliphatic heterocycles. The molecule has 0 atom stereocenters. The van der Waals surface area contributed by atoms with E-state index in [0.717, 1.165) is 5.57 Å². The van der Waals surface area contributed by atoms with Crippen molar-refractivity contribution in [2.24, 2.45) is 0 Å². The van der Waals surface area contributed by atoms with Crippen LogP contribution in [-0.4, -0.2) is 0 Å². The van der Waals surface area contributed by atoms with E-state index in [9.17, 15) is 4.39 Å². The topological polar surface area (TPSA) is 0 Å². The molecule has 0 unspecified atom stereocenters. The maximum atomic E-state index is 11.3. The van der Waals surface area contributed by atoms with E-state index in [0.29, 0.717) is 12.8 Å². The third-order valence-electron chi connectivity index (χ3n) is 0.705. The minimum Gasteiger partial charge on any atom is -0.216 e. The van der Waals surface area contributed by atoms with E-state index in [2.05, 4.69) is 13.2 Å². The number of hydrogen-bond acceptors (Lipinski definition) is 0. The monoisotopic (exact) mass is 112 g/mol. The van der Waals surface area contributed by atoms with E-state index >= 15 is 0 Å². The largest absolute Gasteiger partial charge is 0.216 e. The molecular formula is C7H9F. The van der Waals surface area contributed by atoms with Gasteiger partial charge >= 0.3 is 0 Å². The fourth-order valence-electron chi connectivity index (χ4n) is 0.343. The van der Waals surface area contributed by atoms with Gasteiger partial charge < -0.3 is 0 Å². The van der Waals surface area contributed by atoms with Gasteiger partial charge in [0.05, 0.1) is 6.33 Å². The van der Waals surface area contributed by atoms with Crippen LogP contribution in [-0.2, 0) is 0 Å². The van der Waals surface area contributed by atoms with Crippen LogP contribution < -0.4 is 0 Å². The molecule has 0 radical (unpaired) electrons. The summed E-state index contributed by atoms with van der Waals surface area (Å²) < 4.78 is 11.3. The Bertz CT molecular complexity index is 112. The van der Waals surface area contributed by atoms with Gasteiger partial charge in [0.1, 0.15) is 0 Å². The minimum absolute atomic E-state index is 0.478. The highest BCUT2D eigenvalue weighted by molar-refractivity contribution is 5.14. The third-order valence-corrected chi connectivity index (χ3v) is 0.705. The summed E-state index contributed by atoms with van der Waals surface area (Å²) in [4.78, 5) is 0. The fraction of sp³-hybridized carbons (Fsp3) is 0.143. The highest BCUT2D eigenvalue weighted by atomic mass is 19.1. The molecule has 0 aliphatic carbocycles. The molecule has 0 aromatic heterocycles. The molecule has 44 valence electrons. The van der Waals surface area contributed by atoms with E-state index < -0.39 is 0 Å². The molecule has 0 fully saturated rings. The second-order valence-electron chi connectivity index (χ2n) is 1.44. The molecule has 0 N–H and O–H groups in total. The lowest BCUT2D eigenvalue weighted by Crippen LogP contribution is -1.67. The van der Waals surface area contributed by atoms with E-state index in [1.807, 2.05) is 0 Å². The van der Waals surface area contributed by atoms with Gasteiger partial charge in [-0.2, -0.15) is 0 Å². The predicted molar refractivity (Wildman–Crippen MR) is 34.2 cm³/mol. The molecular weight excluding hydrogens is 103 g/mol. The first-order valence-corrected chi connectivity index (χ1v) is 2.36. The van der Waals surface area contributed by atoms with Crippen molar-refractivity contribution in [2.45, 2.75) is 6.42 Å². The molecule has 0 rings (SSSR count). The van der Waals surface area contributed by atoms with Crippen molar-refractivity contribution in [1.82, 2.24) is 0 Å². The first-order chi connectivity index (χ1) is 3.81. The molecule has 0 aromatic carbocycles. The van der Waals surface area contributed by atoms with Crippen LogP contribution in [0.2, 0.25) is 0 Å². The molecule has 0 saturated carbocycles. The summed E-state index contributed by atoms with van der Waals surface area (Å²) in [5.74, 6) is 0. The predicted octanol–water partition coefficient (Wildman–Crippen LogP) is 2.60. The number of allylic oxidation sites excluding steroid dienone is 3. The van der Waals surface area contributed by atoms with Gasteiger partial charge in [-0.3, -0.25) is 0 Å². The van der Waals surface area contributed by atoms with Crippen molar-refractivity contribution in [3.63, 3.8) is 0 Å². The van der Waals surface area contributed by atoms with Gasteiger partial charge in [-0.05, 0) is 18.1 Å². The highest BCUT2D eigenvalue weighted by Crippen LogP contribution is 1.98. The van der Waals surface area contributed by atoms with Crippen molar-refractivity contribution in [1.29, 1.82) is 0 Å².